The molecule has 2 aliphatic heterocycles. The number of H-pyrrole nitrogens is 1. The minimum absolute atomic E-state index is 0.0824. The average molecular weight is 373 g/mol. The highest BCUT2D eigenvalue weighted by Crippen LogP contribution is 2.41. The van der Waals surface area contributed by atoms with E-state index >= 15 is 0 Å². The fourth-order valence-corrected chi connectivity index (χ4v) is 5.42. The van der Waals surface area contributed by atoms with Gasteiger partial charge in [0.15, 0.2) is 0 Å². The molecule has 3 aliphatic rings. The Hall–Kier alpha value is -1.85. The van der Waals surface area contributed by atoms with Crippen molar-refractivity contribution in [2.75, 3.05) is 19.6 Å². The second-order valence-electron chi connectivity index (χ2n) is 8.80. The average Bonchev–Trinajstić information content (AvgIpc) is 3.36. The SMILES string of the molecule is CCCc1[nH]ncc1C(=O)N1CCC[C@]2(CCC(=O)N(C3CCCC3)C2)C1. The van der Waals surface area contributed by atoms with Crippen molar-refractivity contribution in [3.05, 3.63) is 17.5 Å². The van der Waals surface area contributed by atoms with Gasteiger partial charge in [0.25, 0.3) is 5.91 Å². The zero-order chi connectivity index (χ0) is 18.9. The standard InChI is InChI=1S/C21H32N4O2/c1-2-6-18-17(13-22-23-18)20(27)24-12-5-10-21(14-24)11-9-19(26)25(15-21)16-7-3-4-8-16/h13,16H,2-12,14-15H2,1H3,(H,22,23)/t21-/m0/s1. The van der Waals surface area contributed by atoms with Gasteiger partial charge in [-0.2, -0.15) is 5.10 Å². The van der Waals surface area contributed by atoms with Crippen molar-refractivity contribution >= 4 is 11.8 Å². The van der Waals surface area contributed by atoms with Crippen LogP contribution in [0, 0.1) is 5.41 Å². The van der Waals surface area contributed by atoms with Gasteiger partial charge in [-0.05, 0) is 38.5 Å². The van der Waals surface area contributed by atoms with Crippen LogP contribution in [0.4, 0.5) is 0 Å². The molecule has 3 heterocycles. The largest absolute Gasteiger partial charge is 0.339 e. The van der Waals surface area contributed by atoms with Gasteiger partial charge >= 0.3 is 0 Å². The van der Waals surface area contributed by atoms with Gasteiger partial charge in [-0.15, -0.1) is 0 Å². The number of aromatic amines is 1. The number of carbonyl (C=O) groups excluding carboxylic acids is 2. The Kier molecular flexibility index (Phi) is 5.24. The van der Waals surface area contributed by atoms with Crippen LogP contribution in [0.5, 0.6) is 0 Å². The molecule has 2 saturated heterocycles. The third-order valence-electron chi connectivity index (χ3n) is 6.86. The van der Waals surface area contributed by atoms with Gasteiger partial charge in [-0.1, -0.05) is 26.2 Å². The van der Waals surface area contributed by atoms with Gasteiger partial charge in [0.2, 0.25) is 5.91 Å². The molecule has 6 heteroatoms. The summed E-state index contributed by atoms with van der Waals surface area (Å²) in [6.07, 6.45) is 12.0. The molecular formula is C21H32N4O2. The monoisotopic (exact) mass is 372 g/mol. The molecule has 4 rings (SSSR count). The van der Waals surface area contributed by atoms with Gasteiger partial charge < -0.3 is 9.80 Å². The highest BCUT2D eigenvalue weighted by molar-refractivity contribution is 5.95. The maximum absolute atomic E-state index is 13.2. The maximum atomic E-state index is 13.2. The topological polar surface area (TPSA) is 69.3 Å². The predicted octanol–water partition coefficient (Wildman–Crippen LogP) is 3.15. The van der Waals surface area contributed by atoms with E-state index in [2.05, 4.69) is 22.0 Å². The summed E-state index contributed by atoms with van der Waals surface area (Å²) in [6, 6.07) is 0.436. The maximum Gasteiger partial charge on any atom is 0.257 e. The van der Waals surface area contributed by atoms with Crippen molar-refractivity contribution in [1.29, 1.82) is 0 Å². The number of aromatic nitrogens is 2. The molecule has 0 unspecified atom stereocenters. The molecule has 1 N–H and O–H groups in total. The molecule has 27 heavy (non-hydrogen) atoms. The summed E-state index contributed by atoms with van der Waals surface area (Å²) in [6.45, 7) is 4.54. The number of aryl methyl sites for hydroxylation is 1. The summed E-state index contributed by atoms with van der Waals surface area (Å²) < 4.78 is 0. The number of nitrogens with zero attached hydrogens (tertiary/aromatic N) is 3. The normalized spacial score (nSPS) is 26.9. The third-order valence-corrected chi connectivity index (χ3v) is 6.86. The molecule has 2 amide bonds. The summed E-state index contributed by atoms with van der Waals surface area (Å²) in [5.41, 5.74) is 1.76. The molecule has 1 aromatic rings. The van der Waals surface area contributed by atoms with E-state index in [1.54, 1.807) is 6.20 Å². The molecule has 3 fully saturated rings. The molecule has 1 spiro atoms. The van der Waals surface area contributed by atoms with Crippen LogP contribution >= 0.6 is 0 Å². The lowest BCUT2D eigenvalue weighted by Gasteiger charge is -2.49. The number of rotatable bonds is 4. The lowest BCUT2D eigenvalue weighted by atomic mass is 9.73. The van der Waals surface area contributed by atoms with Crippen LogP contribution in [0.1, 0.15) is 80.8 Å². The van der Waals surface area contributed by atoms with E-state index in [0.29, 0.717) is 18.4 Å². The van der Waals surface area contributed by atoms with Crippen LogP contribution in [-0.4, -0.2) is 57.5 Å². The van der Waals surface area contributed by atoms with E-state index in [-0.39, 0.29) is 11.3 Å². The second kappa shape index (κ2) is 7.64. The van der Waals surface area contributed by atoms with E-state index in [1.165, 1.54) is 12.8 Å². The van der Waals surface area contributed by atoms with Crippen molar-refractivity contribution < 1.29 is 9.59 Å². The van der Waals surface area contributed by atoms with Crippen LogP contribution in [0.2, 0.25) is 0 Å². The number of amides is 2. The smallest absolute Gasteiger partial charge is 0.257 e. The Morgan fingerprint density at radius 1 is 1.26 bits per heavy atom. The predicted molar refractivity (Wildman–Crippen MR) is 103 cm³/mol. The van der Waals surface area contributed by atoms with Crippen molar-refractivity contribution in [2.45, 2.75) is 77.2 Å². The summed E-state index contributed by atoms with van der Waals surface area (Å²) in [4.78, 5) is 29.9. The van der Waals surface area contributed by atoms with Crippen LogP contribution < -0.4 is 0 Å². The lowest BCUT2D eigenvalue weighted by molar-refractivity contribution is -0.142. The first kappa shape index (κ1) is 18.5. The van der Waals surface area contributed by atoms with Gasteiger partial charge in [-0.3, -0.25) is 14.7 Å². The van der Waals surface area contributed by atoms with Crippen LogP contribution in [0.15, 0.2) is 6.20 Å². The van der Waals surface area contributed by atoms with Gasteiger partial charge in [0.1, 0.15) is 0 Å². The summed E-state index contributed by atoms with van der Waals surface area (Å²) in [7, 11) is 0. The van der Waals surface area contributed by atoms with Gasteiger partial charge in [0, 0.05) is 43.2 Å². The Balaban J connectivity index is 1.49. The summed E-state index contributed by atoms with van der Waals surface area (Å²) in [5.74, 6) is 0.437. The first-order valence-electron chi connectivity index (χ1n) is 10.7. The fraction of sp³-hybridized carbons (Fsp3) is 0.762. The number of nitrogens with one attached hydrogen (secondary N) is 1. The number of hydrogen-bond acceptors (Lipinski definition) is 3. The number of likely N-dealkylation sites (tertiary alicyclic amines) is 2. The molecule has 0 bridgehead atoms. The molecule has 1 saturated carbocycles. The summed E-state index contributed by atoms with van der Waals surface area (Å²) >= 11 is 0. The van der Waals surface area contributed by atoms with E-state index in [0.717, 1.165) is 75.8 Å². The molecule has 1 aromatic heterocycles. The number of carbonyl (C=O) groups is 2. The molecular weight excluding hydrogens is 340 g/mol. The van der Waals surface area contributed by atoms with Crippen molar-refractivity contribution in [3.63, 3.8) is 0 Å². The Labute approximate surface area is 161 Å². The Morgan fingerprint density at radius 2 is 2.07 bits per heavy atom. The van der Waals surface area contributed by atoms with Crippen LogP contribution in [-0.2, 0) is 11.2 Å². The molecule has 6 nitrogen and oxygen atoms in total. The van der Waals surface area contributed by atoms with Crippen LogP contribution in [0.25, 0.3) is 0 Å². The quantitative estimate of drug-likeness (QED) is 0.883. The van der Waals surface area contributed by atoms with E-state index in [4.69, 9.17) is 0 Å². The number of hydrogen-bond donors (Lipinski definition) is 1. The first-order chi connectivity index (χ1) is 13.1. The highest BCUT2D eigenvalue weighted by atomic mass is 16.2. The van der Waals surface area contributed by atoms with Crippen molar-refractivity contribution in [3.8, 4) is 0 Å². The van der Waals surface area contributed by atoms with E-state index in [1.807, 2.05) is 4.90 Å². The molecule has 1 aliphatic carbocycles. The van der Waals surface area contributed by atoms with Crippen LogP contribution in [0.3, 0.4) is 0 Å². The molecule has 0 radical (unpaired) electrons. The second-order valence-corrected chi connectivity index (χ2v) is 8.80. The zero-order valence-corrected chi connectivity index (χ0v) is 16.5. The van der Waals surface area contributed by atoms with E-state index < -0.39 is 0 Å². The first-order valence-corrected chi connectivity index (χ1v) is 10.7. The number of piperidine rings is 2. The summed E-state index contributed by atoms with van der Waals surface area (Å²) in [5, 5.41) is 7.11. The highest BCUT2D eigenvalue weighted by Gasteiger charge is 2.44. The van der Waals surface area contributed by atoms with Crippen molar-refractivity contribution in [2.24, 2.45) is 5.41 Å². The van der Waals surface area contributed by atoms with E-state index in [9.17, 15) is 9.59 Å². The fourth-order valence-electron chi connectivity index (χ4n) is 5.42. The Bertz CT molecular complexity index is 694. The molecule has 0 aromatic carbocycles. The van der Waals surface area contributed by atoms with Crippen molar-refractivity contribution in [1.82, 2.24) is 20.0 Å². The van der Waals surface area contributed by atoms with Gasteiger partial charge in [0.05, 0.1) is 11.8 Å². The van der Waals surface area contributed by atoms with Gasteiger partial charge in [-0.25, -0.2) is 0 Å². The Morgan fingerprint density at radius 3 is 2.85 bits per heavy atom. The zero-order valence-electron chi connectivity index (χ0n) is 16.5. The third kappa shape index (κ3) is 3.63. The lowest BCUT2D eigenvalue weighted by Crippen LogP contribution is -2.56. The minimum atomic E-state index is 0.0824. The minimum Gasteiger partial charge on any atom is -0.339 e. The molecule has 1 atom stereocenters. The molecule has 148 valence electrons.